The second-order valence-corrected chi connectivity index (χ2v) is 25.9. The standard InChI is InChI=1S/C76H146O6/c1-4-7-10-13-15-17-19-21-23-25-27-29-31-33-34-35-36-37-38-39-40-41-43-44-46-48-50-52-54-56-58-60-63-66-69-75(78)81-72-73(71-80-74(77)68-65-62-12-9-6-3)82-76(79)70-67-64-61-59-57-55-53-51-49-47-45-42-32-30-28-26-24-22-20-18-16-14-11-8-5-2/h26,28,73H,4-25,27,29-72H2,1-3H3/b28-26-. The lowest BCUT2D eigenvalue weighted by Crippen LogP contribution is -2.30. The van der Waals surface area contributed by atoms with Gasteiger partial charge in [0, 0.05) is 19.3 Å². The molecule has 0 bridgehead atoms. The van der Waals surface area contributed by atoms with Crippen molar-refractivity contribution < 1.29 is 28.6 Å². The van der Waals surface area contributed by atoms with E-state index in [-0.39, 0.29) is 31.1 Å². The van der Waals surface area contributed by atoms with Gasteiger partial charge in [-0.3, -0.25) is 14.4 Å². The summed E-state index contributed by atoms with van der Waals surface area (Å²) in [6.07, 6.45) is 87.6. The summed E-state index contributed by atoms with van der Waals surface area (Å²) in [5, 5.41) is 0. The van der Waals surface area contributed by atoms with E-state index in [1.165, 1.54) is 334 Å². The number of carbonyl (C=O) groups excluding carboxylic acids is 3. The largest absolute Gasteiger partial charge is 0.462 e. The molecule has 0 heterocycles. The Bertz CT molecular complexity index is 1280. The molecule has 0 saturated carbocycles. The molecule has 0 spiro atoms. The van der Waals surface area contributed by atoms with Crippen LogP contribution in [0, 0.1) is 0 Å². The number of allylic oxidation sites excluding steroid dienone is 2. The average Bonchev–Trinajstić information content (AvgIpc) is 3.47. The van der Waals surface area contributed by atoms with Crippen LogP contribution in [0.3, 0.4) is 0 Å². The van der Waals surface area contributed by atoms with Gasteiger partial charge < -0.3 is 14.2 Å². The molecule has 0 rings (SSSR count). The quantitative estimate of drug-likeness (QED) is 0.0261. The molecule has 0 aromatic heterocycles. The summed E-state index contributed by atoms with van der Waals surface area (Å²) >= 11 is 0. The Labute approximate surface area is 513 Å². The summed E-state index contributed by atoms with van der Waals surface area (Å²) in [6, 6.07) is 0. The molecule has 0 aliphatic carbocycles. The van der Waals surface area contributed by atoms with Crippen molar-refractivity contribution in [2.24, 2.45) is 0 Å². The van der Waals surface area contributed by atoms with E-state index < -0.39 is 6.10 Å². The highest BCUT2D eigenvalue weighted by Gasteiger charge is 2.20. The Balaban J connectivity index is 3.85. The Morgan fingerprint density at radius 3 is 0.610 bits per heavy atom. The molecule has 82 heavy (non-hydrogen) atoms. The summed E-state index contributed by atoms with van der Waals surface area (Å²) in [7, 11) is 0. The molecular formula is C76H146O6. The maximum atomic E-state index is 12.9. The smallest absolute Gasteiger partial charge is 0.306 e. The molecule has 0 aromatic rings. The van der Waals surface area contributed by atoms with E-state index in [2.05, 4.69) is 32.9 Å². The number of esters is 3. The summed E-state index contributed by atoms with van der Waals surface area (Å²) in [5.41, 5.74) is 0. The monoisotopic (exact) mass is 1160 g/mol. The van der Waals surface area contributed by atoms with Crippen molar-refractivity contribution in [2.45, 2.75) is 444 Å². The van der Waals surface area contributed by atoms with Crippen molar-refractivity contribution in [3.8, 4) is 0 Å². The zero-order valence-electron chi connectivity index (χ0n) is 56.1. The van der Waals surface area contributed by atoms with Crippen LogP contribution in [0.4, 0.5) is 0 Å². The molecule has 0 N–H and O–H groups in total. The van der Waals surface area contributed by atoms with Gasteiger partial charge in [0.1, 0.15) is 13.2 Å². The van der Waals surface area contributed by atoms with Crippen LogP contribution in [0.1, 0.15) is 438 Å². The van der Waals surface area contributed by atoms with Gasteiger partial charge in [-0.05, 0) is 44.9 Å². The molecule has 1 atom stereocenters. The van der Waals surface area contributed by atoms with Crippen LogP contribution >= 0.6 is 0 Å². The second kappa shape index (κ2) is 71.6. The van der Waals surface area contributed by atoms with Crippen molar-refractivity contribution in [2.75, 3.05) is 13.2 Å². The Morgan fingerprint density at radius 2 is 0.402 bits per heavy atom. The molecule has 6 nitrogen and oxygen atoms in total. The SMILES string of the molecule is CCCCCCCCCC/C=C\CCCCCCCCCCCCCCCC(=O)OC(COC(=O)CCCCCCC)COC(=O)CCCCCCCCCCCCCCCCCCCCCCCCCCCCCCCCCCCC. The molecule has 0 fully saturated rings. The molecule has 0 aromatic carbocycles. The van der Waals surface area contributed by atoms with Crippen molar-refractivity contribution in [3.63, 3.8) is 0 Å². The first kappa shape index (κ1) is 80.2. The van der Waals surface area contributed by atoms with Gasteiger partial charge in [0.25, 0.3) is 0 Å². The first-order valence-corrected chi connectivity index (χ1v) is 37.7. The van der Waals surface area contributed by atoms with E-state index in [1.807, 2.05) is 0 Å². The predicted molar refractivity (Wildman–Crippen MR) is 358 cm³/mol. The maximum Gasteiger partial charge on any atom is 0.306 e. The Morgan fingerprint density at radius 1 is 0.232 bits per heavy atom. The molecule has 0 saturated heterocycles. The Kier molecular flexibility index (Phi) is 70.0. The van der Waals surface area contributed by atoms with Gasteiger partial charge in [-0.2, -0.15) is 0 Å². The van der Waals surface area contributed by atoms with Gasteiger partial charge >= 0.3 is 17.9 Å². The molecular weight excluding hydrogens is 1010 g/mol. The summed E-state index contributed by atoms with van der Waals surface area (Å²) in [6.45, 7) is 6.64. The number of carbonyl (C=O) groups is 3. The van der Waals surface area contributed by atoms with E-state index in [0.29, 0.717) is 19.3 Å². The molecule has 1 unspecified atom stereocenters. The highest BCUT2D eigenvalue weighted by Crippen LogP contribution is 2.20. The number of unbranched alkanes of at least 4 members (excludes halogenated alkanes) is 58. The third-order valence-electron chi connectivity index (χ3n) is 17.5. The summed E-state index contributed by atoms with van der Waals surface area (Å²) in [5.74, 6) is -0.848. The minimum Gasteiger partial charge on any atom is -0.462 e. The van der Waals surface area contributed by atoms with Crippen LogP contribution in [-0.4, -0.2) is 37.2 Å². The molecule has 486 valence electrons. The summed E-state index contributed by atoms with van der Waals surface area (Å²) < 4.78 is 16.8. The second-order valence-electron chi connectivity index (χ2n) is 25.9. The fourth-order valence-corrected chi connectivity index (χ4v) is 11.9. The minimum atomic E-state index is -0.764. The number of rotatable bonds is 71. The van der Waals surface area contributed by atoms with Crippen molar-refractivity contribution >= 4 is 17.9 Å². The lowest BCUT2D eigenvalue weighted by molar-refractivity contribution is -0.167. The van der Waals surface area contributed by atoms with Gasteiger partial charge in [0.05, 0.1) is 0 Å². The topological polar surface area (TPSA) is 78.9 Å². The number of hydrogen-bond acceptors (Lipinski definition) is 6. The van der Waals surface area contributed by atoms with E-state index in [0.717, 1.165) is 64.2 Å². The maximum absolute atomic E-state index is 12.9. The summed E-state index contributed by atoms with van der Waals surface area (Å²) in [4.78, 5) is 38.0. The zero-order chi connectivity index (χ0) is 59.2. The van der Waals surface area contributed by atoms with Crippen molar-refractivity contribution in [1.29, 1.82) is 0 Å². The van der Waals surface area contributed by atoms with Crippen LogP contribution in [0.2, 0.25) is 0 Å². The third kappa shape index (κ3) is 68.9. The van der Waals surface area contributed by atoms with Crippen molar-refractivity contribution in [3.05, 3.63) is 12.2 Å². The van der Waals surface area contributed by atoms with Gasteiger partial charge in [-0.25, -0.2) is 0 Å². The van der Waals surface area contributed by atoms with Gasteiger partial charge in [0.15, 0.2) is 6.10 Å². The van der Waals surface area contributed by atoms with Crippen LogP contribution in [0.5, 0.6) is 0 Å². The molecule has 0 radical (unpaired) electrons. The molecule has 0 amide bonds. The fraction of sp³-hybridized carbons (Fsp3) is 0.934. The van der Waals surface area contributed by atoms with E-state index in [4.69, 9.17) is 14.2 Å². The normalized spacial score (nSPS) is 12.0. The van der Waals surface area contributed by atoms with Crippen LogP contribution in [0.25, 0.3) is 0 Å². The van der Waals surface area contributed by atoms with Crippen LogP contribution in [0.15, 0.2) is 12.2 Å². The van der Waals surface area contributed by atoms with Gasteiger partial charge in [0.2, 0.25) is 0 Å². The number of hydrogen-bond donors (Lipinski definition) is 0. The van der Waals surface area contributed by atoms with E-state index >= 15 is 0 Å². The average molecular weight is 1160 g/mol. The molecule has 0 aliphatic rings. The lowest BCUT2D eigenvalue weighted by atomic mass is 10.0. The highest BCUT2D eigenvalue weighted by atomic mass is 16.6. The van der Waals surface area contributed by atoms with Crippen LogP contribution < -0.4 is 0 Å². The number of ether oxygens (including phenoxy) is 3. The molecule has 0 aliphatic heterocycles. The van der Waals surface area contributed by atoms with E-state index in [1.54, 1.807) is 0 Å². The van der Waals surface area contributed by atoms with Crippen molar-refractivity contribution in [1.82, 2.24) is 0 Å². The Hall–Kier alpha value is -1.85. The third-order valence-corrected chi connectivity index (χ3v) is 17.5. The van der Waals surface area contributed by atoms with Gasteiger partial charge in [-0.15, -0.1) is 0 Å². The predicted octanol–water partition coefficient (Wildman–Crippen LogP) is 26.0. The lowest BCUT2D eigenvalue weighted by Gasteiger charge is -2.18. The minimum absolute atomic E-state index is 0.0644. The zero-order valence-corrected chi connectivity index (χ0v) is 56.1. The van der Waals surface area contributed by atoms with E-state index in [9.17, 15) is 14.4 Å². The first-order valence-electron chi connectivity index (χ1n) is 37.7. The van der Waals surface area contributed by atoms with Gasteiger partial charge in [-0.1, -0.05) is 386 Å². The first-order chi connectivity index (χ1) is 40.5. The molecule has 6 heteroatoms. The fourth-order valence-electron chi connectivity index (χ4n) is 11.9. The van der Waals surface area contributed by atoms with Crippen LogP contribution in [-0.2, 0) is 28.6 Å². The highest BCUT2D eigenvalue weighted by molar-refractivity contribution is 5.71.